The highest BCUT2D eigenvalue weighted by atomic mass is 16.5. The van der Waals surface area contributed by atoms with Crippen molar-refractivity contribution < 1.29 is 19.4 Å². The number of aliphatic hydroxyl groups excluding tert-OH is 1. The van der Waals surface area contributed by atoms with E-state index < -0.39 is 12.0 Å². The summed E-state index contributed by atoms with van der Waals surface area (Å²) in [6.07, 6.45) is -1.07. The van der Waals surface area contributed by atoms with Crippen LogP contribution in [0.5, 0.6) is 5.75 Å². The number of amides is 2. The van der Waals surface area contributed by atoms with E-state index in [9.17, 15) is 14.7 Å². The summed E-state index contributed by atoms with van der Waals surface area (Å²) in [5.41, 5.74) is 1.10. The van der Waals surface area contributed by atoms with Crippen molar-refractivity contribution in [3.05, 3.63) is 18.2 Å². The van der Waals surface area contributed by atoms with Gasteiger partial charge in [0.05, 0.1) is 5.69 Å². The summed E-state index contributed by atoms with van der Waals surface area (Å²) < 4.78 is 5.21. The van der Waals surface area contributed by atoms with Crippen molar-refractivity contribution in [2.75, 3.05) is 23.9 Å². The fourth-order valence-electron chi connectivity index (χ4n) is 1.69. The molecule has 0 saturated carbocycles. The molecule has 1 heterocycles. The number of likely N-dealkylation sites (N-methyl/N-ethyl adjacent to an activating group) is 1. The summed E-state index contributed by atoms with van der Waals surface area (Å²) in [7, 11) is 1.56. The molecule has 2 amide bonds. The van der Waals surface area contributed by atoms with Crippen molar-refractivity contribution in [2.45, 2.75) is 13.0 Å². The second-order valence-electron chi connectivity index (χ2n) is 4.09. The first kappa shape index (κ1) is 12.4. The van der Waals surface area contributed by atoms with E-state index in [2.05, 4.69) is 5.32 Å². The number of aliphatic hydroxyl groups is 1. The van der Waals surface area contributed by atoms with E-state index in [1.165, 1.54) is 11.8 Å². The number of rotatable bonds is 2. The van der Waals surface area contributed by atoms with E-state index in [-0.39, 0.29) is 12.5 Å². The first-order chi connectivity index (χ1) is 8.49. The Morgan fingerprint density at radius 1 is 1.56 bits per heavy atom. The summed E-state index contributed by atoms with van der Waals surface area (Å²) >= 11 is 0. The smallest absolute Gasteiger partial charge is 0.262 e. The Bertz CT molecular complexity index is 499. The number of carbonyl (C=O) groups excluding carboxylic acids is 2. The van der Waals surface area contributed by atoms with Gasteiger partial charge in [0.1, 0.15) is 11.9 Å². The predicted molar refractivity (Wildman–Crippen MR) is 65.7 cm³/mol. The lowest BCUT2D eigenvalue weighted by atomic mass is 10.2. The average molecular weight is 250 g/mol. The van der Waals surface area contributed by atoms with E-state index in [0.29, 0.717) is 17.1 Å². The number of carbonyl (C=O) groups is 2. The van der Waals surface area contributed by atoms with Gasteiger partial charge in [-0.2, -0.15) is 0 Å². The lowest BCUT2D eigenvalue weighted by Crippen LogP contribution is -2.34. The van der Waals surface area contributed by atoms with Crippen LogP contribution in [0.4, 0.5) is 11.4 Å². The minimum Gasteiger partial charge on any atom is -0.482 e. The molecule has 0 spiro atoms. The first-order valence-corrected chi connectivity index (χ1v) is 5.51. The van der Waals surface area contributed by atoms with Gasteiger partial charge in [0.15, 0.2) is 6.61 Å². The Morgan fingerprint density at radius 2 is 2.28 bits per heavy atom. The van der Waals surface area contributed by atoms with Gasteiger partial charge >= 0.3 is 0 Å². The highest BCUT2D eigenvalue weighted by molar-refractivity contribution is 5.99. The average Bonchev–Trinajstić information content (AvgIpc) is 2.35. The van der Waals surface area contributed by atoms with E-state index >= 15 is 0 Å². The maximum atomic E-state index is 11.6. The molecular formula is C12H14N2O4. The molecule has 2 rings (SSSR count). The van der Waals surface area contributed by atoms with Crippen LogP contribution in [0.2, 0.25) is 0 Å². The normalized spacial score (nSPS) is 15.2. The minimum absolute atomic E-state index is 0.00517. The van der Waals surface area contributed by atoms with Gasteiger partial charge in [-0.05, 0) is 25.1 Å². The first-order valence-electron chi connectivity index (χ1n) is 5.51. The van der Waals surface area contributed by atoms with Crippen LogP contribution in [0.3, 0.4) is 0 Å². The number of hydrogen-bond donors (Lipinski definition) is 2. The summed E-state index contributed by atoms with van der Waals surface area (Å²) in [5.74, 6) is -0.0848. The number of nitrogens with zero attached hydrogens (tertiary/aromatic N) is 1. The Hall–Kier alpha value is -2.08. The number of fused-ring (bicyclic) bond motifs is 1. The lowest BCUT2D eigenvalue weighted by Gasteiger charge is -2.23. The van der Waals surface area contributed by atoms with Crippen molar-refractivity contribution in [3.8, 4) is 5.75 Å². The van der Waals surface area contributed by atoms with Crippen molar-refractivity contribution in [3.63, 3.8) is 0 Å². The molecule has 1 aliphatic heterocycles. The highest BCUT2D eigenvalue weighted by Gasteiger charge is 2.20. The predicted octanol–water partition coefficient (Wildman–Crippen LogP) is 0.361. The third-order valence-corrected chi connectivity index (χ3v) is 2.67. The molecular weight excluding hydrogens is 236 g/mol. The fourth-order valence-corrected chi connectivity index (χ4v) is 1.69. The summed E-state index contributed by atoms with van der Waals surface area (Å²) in [5, 5.41) is 11.9. The quantitative estimate of drug-likeness (QED) is 0.794. The number of hydrogen-bond acceptors (Lipinski definition) is 4. The zero-order chi connectivity index (χ0) is 13.3. The Labute approximate surface area is 104 Å². The maximum Gasteiger partial charge on any atom is 0.262 e. The summed E-state index contributed by atoms with van der Waals surface area (Å²) in [4.78, 5) is 24.2. The van der Waals surface area contributed by atoms with Gasteiger partial charge in [-0.1, -0.05) is 0 Å². The number of nitrogens with one attached hydrogen (secondary N) is 1. The SMILES string of the molecule is CC(O)C(=O)N(C)c1ccc2c(c1)NC(=O)CO2. The molecule has 96 valence electrons. The number of benzene rings is 1. The Balaban J connectivity index is 2.28. The van der Waals surface area contributed by atoms with Crippen molar-refractivity contribution in [1.29, 1.82) is 0 Å². The number of ether oxygens (including phenoxy) is 1. The second-order valence-corrected chi connectivity index (χ2v) is 4.09. The molecule has 1 aromatic rings. The van der Waals surface area contributed by atoms with Gasteiger partial charge in [0, 0.05) is 12.7 Å². The third-order valence-electron chi connectivity index (χ3n) is 2.67. The van der Waals surface area contributed by atoms with Crippen molar-refractivity contribution in [2.24, 2.45) is 0 Å². The van der Waals surface area contributed by atoms with Gasteiger partial charge in [0.25, 0.3) is 11.8 Å². The van der Waals surface area contributed by atoms with Crippen LogP contribution in [0.25, 0.3) is 0 Å². The van der Waals surface area contributed by atoms with Crippen LogP contribution in [0.1, 0.15) is 6.92 Å². The molecule has 2 N–H and O–H groups in total. The van der Waals surface area contributed by atoms with Crippen LogP contribution in [0, 0.1) is 0 Å². The molecule has 0 aromatic heterocycles. The molecule has 1 aromatic carbocycles. The van der Waals surface area contributed by atoms with Crippen molar-refractivity contribution >= 4 is 23.2 Å². The molecule has 0 radical (unpaired) electrons. The Kier molecular flexibility index (Phi) is 3.20. The minimum atomic E-state index is -1.07. The van der Waals surface area contributed by atoms with E-state index in [1.54, 1.807) is 25.2 Å². The van der Waals surface area contributed by atoms with Gasteiger partial charge in [-0.15, -0.1) is 0 Å². The van der Waals surface area contributed by atoms with E-state index in [4.69, 9.17) is 4.74 Å². The fraction of sp³-hybridized carbons (Fsp3) is 0.333. The van der Waals surface area contributed by atoms with Gasteiger partial charge in [-0.3, -0.25) is 9.59 Å². The molecule has 0 saturated heterocycles. The molecule has 0 fully saturated rings. The molecule has 1 atom stereocenters. The molecule has 1 aliphatic rings. The molecule has 0 bridgehead atoms. The van der Waals surface area contributed by atoms with Crippen LogP contribution in [-0.2, 0) is 9.59 Å². The third kappa shape index (κ3) is 2.28. The van der Waals surface area contributed by atoms with E-state index in [1.807, 2.05) is 0 Å². The zero-order valence-electron chi connectivity index (χ0n) is 10.1. The van der Waals surface area contributed by atoms with Gasteiger partial charge in [0.2, 0.25) is 0 Å². The standard InChI is InChI=1S/C12H14N2O4/c1-7(15)12(17)14(2)8-3-4-10-9(5-8)13-11(16)6-18-10/h3-5,7,15H,6H2,1-2H3,(H,13,16). The summed E-state index contributed by atoms with van der Waals surface area (Å²) in [6, 6.07) is 5.00. The topological polar surface area (TPSA) is 78.9 Å². The molecule has 6 nitrogen and oxygen atoms in total. The highest BCUT2D eigenvalue weighted by Crippen LogP contribution is 2.31. The second kappa shape index (κ2) is 4.66. The van der Waals surface area contributed by atoms with Crippen LogP contribution >= 0.6 is 0 Å². The van der Waals surface area contributed by atoms with Gasteiger partial charge in [-0.25, -0.2) is 0 Å². The van der Waals surface area contributed by atoms with Gasteiger partial charge < -0.3 is 20.1 Å². The van der Waals surface area contributed by atoms with E-state index in [0.717, 1.165) is 0 Å². The molecule has 0 aliphatic carbocycles. The molecule has 18 heavy (non-hydrogen) atoms. The largest absolute Gasteiger partial charge is 0.482 e. The van der Waals surface area contributed by atoms with Crippen molar-refractivity contribution in [1.82, 2.24) is 0 Å². The summed E-state index contributed by atoms with van der Waals surface area (Å²) in [6.45, 7) is 1.40. The monoisotopic (exact) mass is 250 g/mol. The lowest BCUT2D eigenvalue weighted by molar-refractivity contribution is -0.125. The maximum absolute atomic E-state index is 11.6. The molecule has 1 unspecified atom stereocenters. The zero-order valence-corrected chi connectivity index (χ0v) is 10.1. The van der Waals surface area contributed by atoms with Crippen LogP contribution in [0.15, 0.2) is 18.2 Å². The molecule has 6 heteroatoms. The Morgan fingerprint density at radius 3 is 2.94 bits per heavy atom. The van der Waals surface area contributed by atoms with Crippen LogP contribution < -0.4 is 15.0 Å². The number of anilines is 2. The van der Waals surface area contributed by atoms with Crippen LogP contribution in [-0.4, -0.2) is 36.7 Å².